The summed E-state index contributed by atoms with van der Waals surface area (Å²) in [6, 6.07) is 17.8. The van der Waals surface area contributed by atoms with Crippen LogP contribution in [-0.4, -0.2) is 16.2 Å². The molecule has 1 atom stereocenters. The Labute approximate surface area is 119 Å². The van der Waals surface area contributed by atoms with Gasteiger partial charge in [-0.1, -0.05) is 48.5 Å². The predicted octanol–water partition coefficient (Wildman–Crippen LogP) is 3.22. The highest BCUT2D eigenvalue weighted by Crippen LogP contribution is 2.37. The highest BCUT2D eigenvalue weighted by atomic mass is 32.1. The number of carboxylic acids is 1. The molecule has 0 fully saturated rings. The van der Waals surface area contributed by atoms with Crippen LogP contribution < -0.4 is 0 Å². The van der Waals surface area contributed by atoms with Crippen molar-refractivity contribution in [1.29, 1.82) is 0 Å². The molecule has 4 heteroatoms. The highest BCUT2D eigenvalue weighted by molar-refractivity contribution is 7.19. The van der Waals surface area contributed by atoms with Gasteiger partial charge in [0.25, 0.3) is 0 Å². The molecule has 0 saturated carbocycles. The zero-order valence-corrected chi connectivity index (χ0v) is 11.3. The number of carboxylic acid groups (broad SMARTS) is 1. The molecule has 1 aromatic heterocycles. The molecule has 3 aromatic rings. The van der Waals surface area contributed by atoms with Gasteiger partial charge in [0.05, 0.1) is 4.88 Å². The van der Waals surface area contributed by atoms with Crippen molar-refractivity contribution in [3.8, 4) is 0 Å². The molecule has 0 bridgehead atoms. The molecule has 3 rings (SSSR count). The molecule has 2 N–H and O–H groups in total. The van der Waals surface area contributed by atoms with E-state index in [1.165, 1.54) is 11.3 Å². The third-order valence-corrected chi connectivity index (χ3v) is 4.51. The van der Waals surface area contributed by atoms with Gasteiger partial charge < -0.3 is 10.2 Å². The first-order valence-corrected chi connectivity index (χ1v) is 6.94. The highest BCUT2D eigenvalue weighted by Gasteiger charge is 2.41. The van der Waals surface area contributed by atoms with Crippen LogP contribution in [0.1, 0.15) is 10.4 Å². The van der Waals surface area contributed by atoms with Gasteiger partial charge in [-0.2, -0.15) is 0 Å². The first-order chi connectivity index (χ1) is 9.62. The van der Waals surface area contributed by atoms with Gasteiger partial charge in [0.15, 0.2) is 0 Å². The summed E-state index contributed by atoms with van der Waals surface area (Å²) in [4.78, 5) is 12.1. The van der Waals surface area contributed by atoms with Crippen LogP contribution in [0.5, 0.6) is 0 Å². The van der Waals surface area contributed by atoms with Crippen LogP contribution >= 0.6 is 11.3 Å². The molecule has 0 radical (unpaired) electrons. The first kappa shape index (κ1) is 12.8. The molecule has 0 spiro atoms. The molecular weight excluding hydrogens is 272 g/mol. The van der Waals surface area contributed by atoms with Crippen molar-refractivity contribution in [2.24, 2.45) is 0 Å². The van der Waals surface area contributed by atoms with Crippen LogP contribution in [0.25, 0.3) is 10.1 Å². The third-order valence-electron chi connectivity index (χ3n) is 3.28. The number of benzene rings is 2. The smallest absolute Gasteiger partial charge is 0.346 e. The second-order valence-electron chi connectivity index (χ2n) is 4.53. The Morgan fingerprint density at radius 3 is 2.30 bits per heavy atom. The summed E-state index contributed by atoms with van der Waals surface area (Å²) >= 11 is 1.30. The van der Waals surface area contributed by atoms with Crippen LogP contribution in [0.4, 0.5) is 0 Å². The normalized spacial score (nSPS) is 14.1. The Hall–Kier alpha value is -2.17. The largest absolute Gasteiger partial charge is 0.479 e. The lowest BCUT2D eigenvalue weighted by atomic mass is 9.92. The first-order valence-electron chi connectivity index (χ1n) is 6.12. The van der Waals surface area contributed by atoms with E-state index < -0.39 is 11.6 Å². The minimum absolute atomic E-state index is 0.360. The van der Waals surface area contributed by atoms with Gasteiger partial charge in [0.2, 0.25) is 5.60 Å². The SMILES string of the molecule is O=C(O)C(O)(c1ccccc1)c1cc2ccccc2s1. The lowest BCUT2D eigenvalue weighted by molar-refractivity contribution is -0.154. The average Bonchev–Trinajstić information content (AvgIpc) is 2.91. The molecule has 0 amide bonds. The van der Waals surface area contributed by atoms with Crippen molar-refractivity contribution in [3.63, 3.8) is 0 Å². The van der Waals surface area contributed by atoms with Crippen LogP contribution in [0.3, 0.4) is 0 Å². The van der Waals surface area contributed by atoms with Crippen molar-refractivity contribution in [2.45, 2.75) is 5.60 Å². The number of rotatable bonds is 3. The summed E-state index contributed by atoms with van der Waals surface area (Å²) in [6.07, 6.45) is 0. The monoisotopic (exact) mass is 284 g/mol. The fourth-order valence-electron chi connectivity index (χ4n) is 2.21. The maximum Gasteiger partial charge on any atom is 0.346 e. The second kappa shape index (κ2) is 4.74. The van der Waals surface area contributed by atoms with Crippen molar-refractivity contribution < 1.29 is 15.0 Å². The van der Waals surface area contributed by atoms with Crippen molar-refractivity contribution in [1.82, 2.24) is 0 Å². The molecule has 0 aliphatic rings. The van der Waals surface area contributed by atoms with Crippen LogP contribution in [0.2, 0.25) is 0 Å². The molecule has 3 nitrogen and oxygen atoms in total. The van der Waals surface area contributed by atoms with Gasteiger partial charge in [-0.05, 0) is 17.5 Å². The fraction of sp³-hybridized carbons (Fsp3) is 0.0625. The van der Waals surface area contributed by atoms with Gasteiger partial charge in [-0.15, -0.1) is 11.3 Å². The summed E-state index contributed by atoms with van der Waals surface area (Å²) in [5.74, 6) is -1.27. The van der Waals surface area contributed by atoms with Gasteiger partial charge >= 0.3 is 5.97 Å². The second-order valence-corrected chi connectivity index (χ2v) is 5.61. The van der Waals surface area contributed by atoms with Gasteiger partial charge in [-0.3, -0.25) is 0 Å². The molecule has 100 valence electrons. The molecular formula is C16H12O3S. The number of aliphatic carboxylic acids is 1. The average molecular weight is 284 g/mol. The molecule has 2 aromatic carbocycles. The van der Waals surface area contributed by atoms with Crippen LogP contribution in [0, 0.1) is 0 Å². The fourth-order valence-corrected chi connectivity index (χ4v) is 3.38. The minimum Gasteiger partial charge on any atom is -0.479 e. The number of fused-ring (bicyclic) bond motifs is 1. The quantitative estimate of drug-likeness (QED) is 0.776. The van der Waals surface area contributed by atoms with Crippen LogP contribution in [0.15, 0.2) is 60.7 Å². The van der Waals surface area contributed by atoms with Crippen LogP contribution in [-0.2, 0) is 10.4 Å². The molecule has 20 heavy (non-hydrogen) atoms. The van der Waals surface area contributed by atoms with Gasteiger partial charge in [-0.25, -0.2) is 4.79 Å². The summed E-state index contributed by atoms with van der Waals surface area (Å²) in [5, 5.41) is 21.2. The van der Waals surface area contributed by atoms with Crippen molar-refractivity contribution in [2.75, 3.05) is 0 Å². The molecule has 0 aliphatic heterocycles. The summed E-state index contributed by atoms with van der Waals surface area (Å²) in [6.45, 7) is 0. The zero-order chi connectivity index (χ0) is 14.2. The van der Waals surface area contributed by atoms with Crippen molar-refractivity contribution in [3.05, 3.63) is 71.1 Å². The maximum absolute atomic E-state index is 11.7. The van der Waals surface area contributed by atoms with Gasteiger partial charge in [0, 0.05) is 10.3 Å². The Morgan fingerprint density at radius 2 is 1.65 bits per heavy atom. The maximum atomic E-state index is 11.7. The van der Waals surface area contributed by atoms with Crippen molar-refractivity contribution >= 4 is 27.4 Å². The Morgan fingerprint density at radius 1 is 1.00 bits per heavy atom. The molecule has 1 unspecified atom stereocenters. The van der Waals surface area contributed by atoms with E-state index in [0.29, 0.717) is 10.4 Å². The summed E-state index contributed by atoms with van der Waals surface area (Å²) in [7, 11) is 0. The number of thiophene rings is 1. The van der Waals surface area contributed by atoms with E-state index in [2.05, 4.69) is 0 Å². The Balaban J connectivity index is 2.23. The van der Waals surface area contributed by atoms with E-state index in [0.717, 1.165) is 10.1 Å². The summed E-state index contributed by atoms with van der Waals surface area (Å²) < 4.78 is 0.957. The number of carbonyl (C=O) groups is 1. The predicted molar refractivity (Wildman–Crippen MR) is 78.9 cm³/mol. The third kappa shape index (κ3) is 1.90. The van der Waals surface area contributed by atoms with Gasteiger partial charge in [0.1, 0.15) is 0 Å². The van der Waals surface area contributed by atoms with E-state index >= 15 is 0 Å². The zero-order valence-electron chi connectivity index (χ0n) is 10.5. The summed E-state index contributed by atoms with van der Waals surface area (Å²) in [5.41, 5.74) is -1.65. The minimum atomic E-state index is -2.01. The van der Waals surface area contributed by atoms with E-state index in [9.17, 15) is 15.0 Å². The Bertz CT molecular complexity index is 731. The number of aliphatic hydroxyl groups is 1. The van der Waals surface area contributed by atoms with E-state index in [-0.39, 0.29) is 0 Å². The lowest BCUT2D eigenvalue weighted by Crippen LogP contribution is -2.35. The topological polar surface area (TPSA) is 57.5 Å². The lowest BCUT2D eigenvalue weighted by Gasteiger charge is -2.22. The van der Waals surface area contributed by atoms with E-state index in [4.69, 9.17) is 0 Å². The standard InChI is InChI=1S/C16H12O3S/c17-15(18)16(19,12-7-2-1-3-8-12)14-10-11-6-4-5-9-13(11)20-14/h1-10,19H,(H,17,18). The number of hydrogen-bond acceptors (Lipinski definition) is 3. The molecule has 0 saturated heterocycles. The molecule has 1 heterocycles. The van der Waals surface area contributed by atoms with E-state index in [1.807, 2.05) is 24.3 Å². The molecule has 0 aliphatic carbocycles. The van der Waals surface area contributed by atoms with E-state index in [1.54, 1.807) is 36.4 Å². The Kier molecular flexibility index (Phi) is 3.04. The number of hydrogen-bond donors (Lipinski definition) is 2.